The van der Waals surface area contributed by atoms with Crippen LogP contribution in [0.1, 0.15) is 12.8 Å². The number of hydrogen-bond donors (Lipinski definition) is 2. The highest BCUT2D eigenvalue weighted by molar-refractivity contribution is 7.98. The Balaban J connectivity index is 2.42. The number of ether oxygens (including phenoxy) is 1. The molecule has 1 aromatic carbocycles. The van der Waals surface area contributed by atoms with Crippen LogP contribution in [0.25, 0.3) is 0 Å². The smallest absolute Gasteiger partial charge is 0.406 e. The number of rotatable bonds is 7. The molecule has 0 atom stereocenters. The van der Waals surface area contributed by atoms with E-state index in [-0.39, 0.29) is 11.7 Å². The summed E-state index contributed by atoms with van der Waals surface area (Å²) in [6.45, 7) is 0.620. The van der Waals surface area contributed by atoms with E-state index in [4.69, 9.17) is 5.73 Å². The number of nitrogens with zero attached hydrogens (tertiary/aromatic N) is 1. The van der Waals surface area contributed by atoms with Crippen LogP contribution in [0.2, 0.25) is 0 Å². The maximum Gasteiger partial charge on any atom is 0.573 e. The predicted octanol–water partition coefficient (Wildman–Crippen LogP) is 3.46. The van der Waals surface area contributed by atoms with Crippen molar-refractivity contribution in [3.8, 4) is 5.75 Å². The van der Waals surface area contributed by atoms with E-state index in [1.807, 2.05) is 6.26 Å². The predicted molar refractivity (Wildman–Crippen MR) is 80.9 cm³/mol. The summed E-state index contributed by atoms with van der Waals surface area (Å²) < 4.78 is 39.8. The molecule has 0 saturated heterocycles. The van der Waals surface area contributed by atoms with Crippen LogP contribution >= 0.6 is 11.8 Å². The molecule has 3 N–H and O–H groups in total. The minimum absolute atomic E-state index is 0.239. The molecular weight excluding hydrogens is 303 g/mol. The third kappa shape index (κ3) is 8.34. The SMILES string of the molecule is CSCCCCN=C(N)Nc1ccc(OC(F)(F)F)cc1. The Bertz CT molecular complexity index is 449. The quantitative estimate of drug-likeness (QED) is 0.459. The standard InChI is InChI=1S/C13H18F3N3OS/c1-21-9-3-2-8-18-12(17)19-10-4-6-11(7-5-10)20-13(14,15)16/h4-7H,2-3,8-9H2,1H3,(H3,17,18,19). The van der Waals surface area contributed by atoms with Gasteiger partial charge in [0.1, 0.15) is 5.75 Å². The van der Waals surface area contributed by atoms with E-state index < -0.39 is 6.36 Å². The minimum atomic E-state index is -4.69. The summed E-state index contributed by atoms with van der Waals surface area (Å²) in [6.07, 6.45) is -0.624. The van der Waals surface area contributed by atoms with Gasteiger partial charge in [-0.15, -0.1) is 13.2 Å². The number of benzene rings is 1. The van der Waals surface area contributed by atoms with Crippen LogP contribution in [0.3, 0.4) is 0 Å². The second-order valence-electron chi connectivity index (χ2n) is 4.16. The van der Waals surface area contributed by atoms with Crippen LogP contribution in [0, 0.1) is 0 Å². The highest BCUT2D eigenvalue weighted by Gasteiger charge is 2.30. The lowest BCUT2D eigenvalue weighted by Crippen LogP contribution is -2.23. The first-order valence-corrected chi connectivity index (χ1v) is 7.72. The van der Waals surface area contributed by atoms with Gasteiger partial charge in [-0.3, -0.25) is 4.99 Å². The van der Waals surface area contributed by atoms with Gasteiger partial charge in [-0.1, -0.05) is 0 Å². The van der Waals surface area contributed by atoms with E-state index in [0.717, 1.165) is 18.6 Å². The first-order chi connectivity index (χ1) is 9.90. The van der Waals surface area contributed by atoms with Crippen LogP contribution in [0.15, 0.2) is 29.3 Å². The number of anilines is 1. The molecule has 0 aromatic heterocycles. The molecule has 4 nitrogen and oxygen atoms in total. The molecule has 0 saturated carbocycles. The topological polar surface area (TPSA) is 59.6 Å². The van der Waals surface area contributed by atoms with Crippen molar-refractivity contribution in [2.45, 2.75) is 19.2 Å². The molecule has 118 valence electrons. The van der Waals surface area contributed by atoms with E-state index in [1.165, 1.54) is 24.3 Å². The summed E-state index contributed by atoms with van der Waals surface area (Å²) in [4.78, 5) is 4.14. The summed E-state index contributed by atoms with van der Waals surface area (Å²) in [5, 5.41) is 2.81. The molecule has 8 heteroatoms. The molecule has 21 heavy (non-hydrogen) atoms. The normalized spacial score (nSPS) is 12.3. The van der Waals surface area contributed by atoms with Gasteiger partial charge in [0, 0.05) is 12.2 Å². The highest BCUT2D eigenvalue weighted by Crippen LogP contribution is 2.23. The Hall–Kier alpha value is -1.57. The summed E-state index contributed by atoms with van der Waals surface area (Å²) >= 11 is 1.78. The van der Waals surface area contributed by atoms with Crippen molar-refractivity contribution >= 4 is 23.4 Å². The van der Waals surface area contributed by atoms with Gasteiger partial charge in [0.15, 0.2) is 5.96 Å². The van der Waals surface area contributed by atoms with Crippen LogP contribution in [-0.2, 0) is 0 Å². The Kier molecular flexibility index (Phi) is 7.21. The fraction of sp³-hybridized carbons (Fsp3) is 0.462. The third-order valence-electron chi connectivity index (χ3n) is 2.40. The fourth-order valence-corrected chi connectivity index (χ4v) is 1.98. The maximum absolute atomic E-state index is 12.0. The fourth-order valence-electron chi connectivity index (χ4n) is 1.49. The molecule has 0 unspecified atom stereocenters. The minimum Gasteiger partial charge on any atom is -0.406 e. The van der Waals surface area contributed by atoms with E-state index in [0.29, 0.717) is 12.2 Å². The number of nitrogens with one attached hydrogen (secondary N) is 1. The Morgan fingerprint density at radius 3 is 2.52 bits per heavy atom. The molecule has 0 aliphatic rings. The van der Waals surface area contributed by atoms with E-state index >= 15 is 0 Å². The third-order valence-corrected chi connectivity index (χ3v) is 3.10. The number of alkyl halides is 3. The van der Waals surface area contributed by atoms with Crippen molar-refractivity contribution < 1.29 is 17.9 Å². The van der Waals surface area contributed by atoms with Gasteiger partial charge < -0.3 is 15.8 Å². The number of thioether (sulfide) groups is 1. The molecule has 0 spiro atoms. The number of unbranched alkanes of at least 4 members (excludes halogenated alkanes) is 1. The monoisotopic (exact) mass is 321 g/mol. The summed E-state index contributed by atoms with van der Waals surface area (Å²) in [7, 11) is 0. The Morgan fingerprint density at radius 1 is 1.29 bits per heavy atom. The number of guanidine groups is 1. The van der Waals surface area contributed by atoms with Crippen LogP contribution in [0.4, 0.5) is 18.9 Å². The van der Waals surface area contributed by atoms with Crippen molar-refractivity contribution in [2.24, 2.45) is 10.7 Å². The van der Waals surface area contributed by atoms with Crippen molar-refractivity contribution in [3.63, 3.8) is 0 Å². The van der Waals surface area contributed by atoms with Crippen LogP contribution in [-0.4, -0.2) is 30.9 Å². The Labute approximate surface area is 126 Å². The van der Waals surface area contributed by atoms with Gasteiger partial charge >= 0.3 is 6.36 Å². The highest BCUT2D eigenvalue weighted by atomic mass is 32.2. The van der Waals surface area contributed by atoms with Gasteiger partial charge in [-0.2, -0.15) is 11.8 Å². The van der Waals surface area contributed by atoms with Gasteiger partial charge in [-0.25, -0.2) is 0 Å². The molecule has 0 bridgehead atoms. The molecule has 1 rings (SSSR count). The summed E-state index contributed by atoms with van der Waals surface area (Å²) in [5.74, 6) is 1.05. The van der Waals surface area contributed by atoms with Gasteiger partial charge in [0.2, 0.25) is 0 Å². The van der Waals surface area contributed by atoms with E-state index in [1.54, 1.807) is 11.8 Å². The lowest BCUT2D eigenvalue weighted by Gasteiger charge is -2.10. The summed E-state index contributed by atoms with van der Waals surface area (Å²) in [6, 6.07) is 5.30. The zero-order valence-electron chi connectivity index (χ0n) is 11.6. The van der Waals surface area contributed by atoms with Gasteiger partial charge in [0.05, 0.1) is 0 Å². The van der Waals surface area contributed by atoms with Gasteiger partial charge in [0.25, 0.3) is 0 Å². The molecule has 0 amide bonds. The Morgan fingerprint density at radius 2 is 1.95 bits per heavy atom. The lowest BCUT2D eigenvalue weighted by molar-refractivity contribution is -0.274. The average molecular weight is 321 g/mol. The molecular formula is C13H18F3N3OS. The van der Waals surface area contributed by atoms with Crippen molar-refractivity contribution in [1.29, 1.82) is 0 Å². The average Bonchev–Trinajstić information content (AvgIpc) is 2.39. The van der Waals surface area contributed by atoms with Crippen molar-refractivity contribution in [1.82, 2.24) is 0 Å². The van der Waals surface area contributed by atoms with E-state index in [9.17, 15) is 13.2 Å². The molecule has 0 fully saturated rings. The van der Waals surface area contributed by atoms with Crippen LogP contribution in [0.5, 0.6) is 5.75 Å². The first kappa shape index (κ1) is 17.5. The first-order valence-electron chi connectivity index (χ1n) is 6.32. The van der Waals surface area contributed by atoms with Crippen molar-refractivity contribution in [3.05, 3.63) is 24.3 Å². The molecule has 1 aromatic rings. The van der Waals surface area contributed by atoms with Crippen molar-refractivity contribution in [2.75, 3.05) is 23.9 Å². The number of aliphatic imine (C=N–C) groups is 1. The molecule has 0 radical (unpaired) electrons. The van der Waals surface area contributed by atoms with Gasteiger partial charge in [-0.05, 0) is 49.1 Å². The molecule has 0 heterocycles. The second-order valence-corrected chi connectivity index (χ2v) is 5.15. The number of nitrogens with two attached hydrogens (primary N) is 1. The zero-order valence-corrected chi connectivity index (χ0v) is 12.4. The largest absolute Gasteiger partial charge is 0.573 e. The maximum atomic E-state index is 12.0. The number of hydrogen-bond acceptors (Lipinski definition) is 3. The number of halogens is 3. The second kappa shape index (κ2) is 8.66. The van der Waals surface area contributed by atoms with Crippen LogP contribution < -0.4 is 15.8 Å². The zero-order chi connectivity index (χ0) is 15.7. The lowest BCUT2D eigenvalue weighted by atomic mass is 10.3. The molecule has 0 aliphatic carbocycles. The molecule has 0 aliphatic heterocycles. The summed E-state index contributed by atoms with van der Waals surface area (Å²) in [5.41, 5.74) is 6.23. The van der Waals surface area contributed by atoms with E-state index in [2.05, 4.69) is 15.0 Å².